The zero-order valence-corrected chi connectivity index (χ0v) is 20.9. The molecule has 1 aliphatic rings. The number of nitro groups is 1. The molecular weight excluding hydrogens is 508 g/mol. The summed E-state index contributed by atoms with van der Waals surface area (Å²) in [5.41, 5.74) is 1.42. The lowest BCUT2D eigenvalue weighted by atomic mass is 9.80. The number of carbonyl (C=O) groups is 2. The minimum absolute atomic E-state index is 0.0165. The van der Waals surface area contributed by atoms with Gasteiger partial charge in [0.05, 0.1) is 28.0 Å². The SMILES string of the molecule is CCOC(=O)C1=C(NC(=O)c2ccc([N+](=O)[O-])cc2Cl)Oc2ccc3ccccc3c2C1c1ccccc1. The maximum absolute atomic E-state index is 13.4. The molecule has 0 saturated heterocycles. The number of halogens is 1. The van der Waals surface area contributed by atoms with E-state index in [0.29, 0.717) is 5.75 Å². The van der Waals surface area contributed by atoms with Crippen molar-refractivity contribution in [1.82, 2.24) is 5.32 Å². The Kier molecular flexibility index (Phi) is 6.81. The number of nitro benzene ring substituents is 1. The summed E-state index contributed by atoms with van der Waals surface area (Å²) >= 11 is 6.19. The Morgan fingerprint density at radius 2 is 1.76 bits per heavy atom. The van der Waals surface area contributed by atoms with Crippen molar-refractivity contribution < 1.29 is 24.0 Å². The van der Waals surface area contributed by atoms with Crippen LogP contribution in [0.3, 0.4) is 0 Å². The smallest absolute Gasteiger partial charge is 0.340 e. The van der Waals surface area contributed by atoms with Crippen LogP contribution < -0.4 is 10.1 Å². The molecule has 8 nitrogen and oxygen atoms in total. The van der Waals surface area contributed by atoms with E-state index < -0.39 is 22.7 Å². The number of hydrogen-bond donors (Lipinski definition) is 1. The lowest BCUT2D eigenvalue weighted by molar-refractivity contribution is -0.384. The third kappa shape index (κ3) is 4.57. The fraction of sp³-hybridized carbons (Fsp3) is 0.103. The molecule has 0 fully saturated rings. The molecule has 1 unspecified atom stereocenters. The van der Waals surface area contributed by atoms with Gasteiger partial charge in [-0.2, -0.15) is 0 Å². The zero-order valence-electron chi connectivity index (χ0n) is 20.1. The lowest BCUT2D eigenvalue weighted by Gasteiger charge is -2.31. The van der Waals surface area contributed by atoms with Crippen LogP contribution in [-0.4, -0.2) is 23.4 Å². The monoisotopic (exact) mass is 528 g/mol. The highest BCUT2D eigenvalue weighted by Gasteiger charge is 2.38. The van der Waals surface area contributed by atoms with Gasteiger partial charge >= 0.3 is 5.97 Å². The second-order valence-electron chi connectivity index (χ2n) is 8.48. The van der Waals surface area contributed by atoms with E-state index in [4.69, 9.17) is 21.1 Å². The standard InChI is InChI=1S/C29H21ClN2O6/c1-2-37-29(34)26-24(18-9-4-3-5-10-18)25-20-11-7-6-8-17(20)12-15-23(25)38-28(26)31-27(33)21-14-13-19(32(35)36)16-22(21)30/h3-16,24H,2H2,1H3,(H,31,33). The lowest BCUT2D eigenvalue weighted by Crippen LogP contribution is -2.34. The molecule has 4 aromatic rings. The number of nitrogens with zero attached hydrogens (tertiary/aromatic N) is 1. The van der Waals surface area contributed by atoms with Crippen molar-refractivity contribution in [2.75, 3.05) is 6.61 Å². The minimum Gasteiger partial charge on any atom is -0.462 e. The summed E-state index contributed by atoms with van der Waals surface area (Å²) in [4.78, 5) is 37.2. The van der Waals surface area contributed by atoms with Crippen molar-refractivity contribution in [3.63, 3.8) is 0 Å². The van der Waals surface area contributed by atoms with Gasteiger partial charge in [-0.05, 0) is 35.4 Å². The number of amides is 1. The van der Waals surface area contributed by atoms with Gasteiger partial charge < -0.3 is 9.47 Å². The van der Waals surface area contributed by atoms with Crippen molar-refractivity contribution in [3.8, 4) is 5.75 Å². The molecule has 1 amide bonds. The van der Waals surface area contributed by atoms with E-state index >= 15 is 0 Å². The number of fused-ring (bicyclic) bond motifs is 3. The van der Waals surface area contributed by atoms with Crippen LogP contribution in [0.5, 0.6) is 5.75 Å². The molecule has 0 saturated carbocycles. The van der Waals surface area contributed by atoms with Crippen LogP contribution in [0.25, 0.3) is 10.8 Å². The van der Waals surface area contributed by atoms with Crippen molar-refractivity contribution in [1.29, 1.82) is 0 Å². The fourth-order valence-corrected chi connectivity index (χ4v) is 4.83. The third-order valence-electron chi connectivity index (χ3n) is 6.23. The molecule has 0 radical (unpaired) electrons. The first kappa shape index (κ1) is 25.0. The summed E-state index contributed by atoms with van der Waals surface area (Å²) in [6.45, 7) is 1.81. The molecule has 0 aromatic heterocycles. The second kappa shape index (κ2) is 10.4. The number of esters is 1. The van der Waals surface area contributed by atoms with Gasteiger partial charge in [0, 0.05) is 17.7 Å². The van der Waals surface area contributed by atoms with Crippen LogP contribution >= 0.6 is 11.6 Å². The van der Waals surface area contributed by atoms with Gasteiger partial charge in [0.15, 0.2) is 0 Å². The molecule has 1 heterocycles. The number of carbonyl (C=O) groups excluding carboxylic acids is 2. The molecule has 0 spiro atoms. The molecule has 4 aromatic carbocycles. The van der Waals surface area contributed by atoms with Crippen molar-refractivity contribution in [2.24, 2.45) is 0 Å². The van der Waals surface area contributed by atoms with E-state index in [2.05, 4.69) is 5.32 Å². The minimum atomic E-state index is -0.697. The van der Waals surface area contributed by atoms with Crippen LogP contribution in [0.4, 0.5) is 5.69 Å². The summed E-state index contributed by atoms with van der Waals surface area (Å²) < 4.78 is 11.6. The van der Waals surface area contributed by atoms with Gasteiger partial charge in [0.1, 0.15) is 11.3 Å². The molecule has 9 heteroatoms. The van der Waals surface area contributed by atoms with Gasteiger partial charge in [-0.3, -0.25) is 20.2 Å². The van der Waals surface area contributed by atoms with E-state index in [1.54, 1.807) is 13.0 Å². The predicted molar refractivity (Wildman–Crippen MR) is 142 cm³/mol. The number of rotatable bonds is 6. The Hall–Kier alpha value is -4.69. The Labute approximate surface area is 222 Å². The quantitative estimate of drug-likeness (QED) is 0.183. The predicted octanol–water partition coefficient (Wildman–Crippen LogP) is 6.13. The third-order valence-corrected chi connectivity index (χ3v) is 6.54. The summed E-state index contributed by atoms with van der Waals surface area (Å²) in [7, 11) is 0. The second-order valence-corrected chi connectivity index (χ2v) is 8.89. The largest absolute Gasteiger partial charge is 0.462 e. The van der Waals surface area contributed by atoms with E-state index in [9.17, 15) is 19.7 Å². The van der Waals surface area contributed by atoms with Gasteiger partial charge in [-0.25, -0.2) is 4.79 Å². The Morgan fingerprint density at radius 3 is 2.47 bits per heavy atom. The number of benzene rings is 4. The summed E-state index contributed by atoms with van der Waals surface area (Å²) in [6.07, 6.45) is 0. The highest BCUT2D eigenvalue weighted by atomic mass is 35.5. The molecule has 190 valence electrons. The molecule has 1 N–H and O–H groups in total. The molecule has 0 aliphatic carbocycles. The van der Waals surface area contributed by atoms with Crippen LogP contribution in [0.15, 0.2) is 96.4 Å². The van der Waals surface area contributed by atoms with E-state index in [1.165, 1.54) is 12.1 Å². The first-order chi connectivity index (χ1) is 18.4. The van der Waals surface area contributed by atoms with E-state index in [1.807, 2.05) is 60.7 Å². The molecule has 1 aliphatic heterocycles. The van der Waals surface area contributed by atoms with Crippen LogP contribution in [0.1, 0.15) is 34.3 Å². The fourth-order valence-electron chi connectivity index (χ4n) is 4.57. The highest BCUT2D eigenvalue weighted by Crippen LogP contribution is 2.46. The zero-order chi connectivity index (χ0) is 26.8. The van der Waals surface area contributed by atoms with E-state index in [0.717, 1.165) is 28.0 Å². The van der Waals surface area contributed by atoms with Gasteiger partial charge in [-0.15, -0.1) is 0 Å². The normalized spacial score (nSPS) is 14.4. The Bertz CT molecular complexity index is 1620. The number of ether oxygens (including phenoxy) is 2. The Balaban J connectivity index is 1.68. The maximum Gasteiger partial charge on any atom is 0.340 e. The summed E-state index contributed by atoms with van der Waals surface area (Å²) in [5, 5.41) is 15.5. The van der Waals surface area contributed by atoms with Crippen LogP contribution in [0.2, 0.25) is 5.02 Å². The summed E-state index contributed by atoms with van der Waals surface area (Å²) in [6, 6.07) is 24.4. The average Bonchev–Trinajstić information content (AvgIpc) is 2.92. The van der Waals surface area contributed by atoms with Gasteiger partial charge in [0.25, 0.3) is 11.6 Å². The number of nitrogens with one attached hydrogen (secondary N) is 1. The average molecular weight is 529 g/mol. The first-order valence-corrected chi connectivity index (χ1v) is 12.2. The summed E-state index contributed by atoms with van der Waals surface area (Å²) in [5.74, 6) is -1.59. The first-order valence-electron chi connectivity index (χ1n) is 11.8. The Morgan fingerprint density at radius 1 is 1.03 bits per heavy atom. The van der Waals surface area contributed by atoms with Gasteiger partial charge in [-0.1, -0.05) is 72.3 Å². The molecule has 1 atom stereocenters. The molecular formula is C29H21ClN2O6. The maximum atomic E-state index is 13.4. The van der Waals surface area contributed by atoms with Crippen molar-refractivity contribution >= 4 is 39.9 Å². The van der Waals surface area contributed by atoms with Crippen molar-refractivity contribution in [3.05, 3.63) is 128 Å². The van der Waals surface area contributed by atoms with Crippen LogP contribution in [0, 0.1) is 10.1 Å². The van der Waals surface area contributed by atoms with Crippen molar-refractivity contribution in [2.45, 2.75) is 12.8 Å². The number of hydrogen-bond acceptors (Lipinski definition) is 6. The van der Waals surface area contributed by atoms with Gasteiger partial charge in [0.2, 0.25) is 5.88 Å². The highest BCUT2D eigenvalue weighted by molar-refractivity contribution is 6.34. The molecule has 0 bridgehead atoms. The van der Waals surface area contributed by atoms with Crippen LogP contribution in [-0.2, 0) is 9.53 Å². The molecule has 5 rings (SSSR count). The molecule has 38 heavy (non-hydrogen) atoms. The topological polar surface area (TPSA) is 108 Å². The number of non-ortho nitro benzene ring substituents is 1. The van der Waals surface area contributed by atoms with E-state index in [-0.39, 0.29) is 34.3 Å².